The van der Waals surface area contributed by atoms with Gasteiger partial charge < -0.3 is 19.5 Å². The smallest absolute Gasteiger partial charge is 0.416 e. The number of nitrogens with one attached hydrogen (secondary N) is 1. The summed E-state index contributed by atoms with van der Waals surface area (Å²) in [6, 6.07) is 2.46. The van der Waals surface area contributed by atoms with Crippen molar-refractivity contribution in [2.45, 2.75) is 90.6 Å². The van der Waals surface area contributed by atoms with Gasteiger partial charge in [-0.1, -0.05) is 6.92 Å². The number of benzene rings is 1. The number of fused-ring (bicyclic) bond motifs is 1. The highest BCUT2D eigenvalue weighted by molar-refractivity contribution is 5.90. The van der Waals surface area contributed by atoms with Crippen molar-refractivity contribution in [1.29, 1.82) is 0 Å². The summed E-state index contributed by atoms with van der Waals surface area (Å²) in [4.78, 5) is 34.5. The second-order valence-electron chi connectivity index (χ2n) is 10.5. The van der Waals surface area contributed by atoms with Crippen molar-refractivity contribution in [3.8, 4) is 5.75 Å². The Balaban J connectivity index is 1.68. The first-order chi connectivity index (χ1) is 18.8. The molecule has 1 aromatic heterocycles. The van der Waals surface area contributed by atoms with E-state index < -0.39 is 29.5 Å². The van der Waals surface area contributed by atoms with E-state index in [4.69, 9.17) is 14.2 Å². The van der Waals surface area contributed by atoms with Gasteiger partial charge in [0.2, 0.25) is 5.95 Å². The predicted molar refractivity (Wildman–Crippen MR) is 143 cm³/mol. The fraction of sp³-hybridized carbons (Fsp3) is 0.571. The Bertz CT molecular complexity index is 1150. The second kappa shape index (κ2) is 13.2. The highest BCUT2D eigenvalue weighted by Crippen LogP contribution is 2.43. The fourth-order valence-corrected chi connectivity index (χ4v) is 4.43. The van der Waals surface area contributed by atoms with Gasteiger partial charge in [-0.3, -0.25) is 9.69 Å². The number of aromatic nitrogens is 2. The molecule has 0 aliphatic carbocycles. The minimum Gasteiger partial charge on any atom is -0.490 e. The van der Waals surface area contributed by atoms with Crippen molar-refractivity contribution in [1.82, 2.24) is 9.97 Å². The summed E-state index contributed by atoms with van der Waals surface area (Å²) in [5, 5.41) is 3.13. The van der Waals surface area contributed by atoms with Crippen LogP contribution in [0, 0.1) is 0 Å². The van der Waals surface area contributed by atoms with Crippen LogP contribution in [0.5, 0.6) is 5.75 Å². The van der Waals surface area contributed by atoms with Crippen LogP contribution in [0.25, 0.3) is 0 Å². The Labute approximate surface area is 232 Å². The number of anilines is 2. The van der Waals surface area contributed by atoms with Crippen LogP contribution in [-0.2, 0) is 20.4 Å². The molecule has 12 heteroatoms. The van der Waals surface area contributed by atoms with Crippen molar-refractivity contribution >= 4 is 23.7 Å². The van der Waals surface area contributed by atoms with Crippen LogP contribution in [0.3, 0.4) is 0 Å². The number of rotatable bonds is 10. The highest BCUT2D eigenvalue weighted by Gasteiger charge is 2.39. The molecule has 3 rings (SSSR count). The third kappa shape index (κ3) is 8.46. The molecule has 0 spiro atoms. The van der Waals surface area contributed by atoms with Crippen LogP contribution in [0.1, 0.15) is 83.9 Å². The van der Waals surface area contributed by atoms with Gasteiger partial charge >= 0.3 is 18.2 Å². The predicted octanol–water partition coefficient (Wildman–Crippen LogP) is 6.68. The number of alkyl halides is 3. The van der Waals surface area contributed by atoms with E-state index in [-0.39, 0.29) is 24.6 Å². The van der Waals surface area contributed by atoms with E-state index in [1.165, 1.54) is 23.4 Å². The summed E-state index contributed by atoms with van der Waals surface area (Å²) in [5.41, 5.74) is -0.665. The van der Waals surface area contributed by atoms with E-state index in [9.17, 15) is 22.8 Å². The third-order valence-electron chi connectivity index (χ3n) is 6.19. The van der Waals surface area contributed by atoms with Gasteiger partial charge in [-0.25, -0.2) is 14.8 Å². The Hall–Kier alpha value is -3.57. The number of amides is 1. The molecule has 0 saturated carbocycles. The molecule has 0 fully saturated rings. The Morgan fingerprint density at radius 2 is 1.80 bits per heavy atom. The zero-order valence-electron chi connectivity index (χ0n) is 23.5. The third-order valence-corrected chi connectivity index (χ3v) is 6.19. The quantitative estimate of drug-likeness (QED) is 0.251. The number of hydrogen-bond acceptors (Lipinski definition) is 8. The summed E-state index contributed by atoms with van der Waals surface area (Å²) in [6.07, 6.45) is 0.249. The van der Waals surface area contributed by atoms with Gasteiger partial charge in [0, 0.05) is 12.5 Å². The van der Waals surface area contributed by atoms with E-state index in [2.05, 4.69) is 15.3 Å². The van der Waals surface area contributed by atoms with Gasteiger partial charge in [0.1, 0.15) is 5.60 Å². The first-order valence-corrected chi connectivity index (χ1v) is 13.4. The summed E-state index contributed by atoms with van der Waals surface area (Å²) in [7, 11) is 0. The Morgan fingerprint density at radius 1 is 1.10 bits per heavy atom. The van der Waals surface area contributed by atoms with Gasteiger partial charge in [-0.05, 0) is 77.1 Å². The summed E-state index contributed by atoms with van der Waals surface area (Å²) < 4.78 is 56.8. The number of esters is 1. The maximum atomic E-state index is 13.5. The first-order valence-electron chi connectivity index (χ1n) is 13.4. The Kier molecular flexibility index (Phi) is 10.2. The minimum absolute atomic E-state index is 0.148. The van der Waals surface area contributed by atoms with E-state index in [0.29, 0.717) is 55.7 Å². The number of halogens is 3. The number of carbonyl (C=O) groups is 2. The normalized spacial score (nSPS) is 17.1. The molecule has 2 aromatic rings. The molecule has 220 valence electrons. The maximum Gasteiger partial charge on any atom is 0.416 e. The topological polar surface area (TPSA) is 103 Å². The number of carbonyl (C=O) groups excluding carboxylic acids is 2. The average molecular weight is 567 g/mol. The number of hydrogen-bond donors (Lipinski definition) is 1. The molecule has 2 heterocycles. The molecule has 0 unspecified atom stereocenters. The second-order valence-corrected chi connectivity index (χ2v) is 10.5. The van der Waals surface area contributed by atoms with Crippen molar-refractivity contribution in [2.75, 3.05) is 23.4 Å². The van der Waals surface area contributed by atoms with Crippen LogP contribution >= 0.6 is 0 Å². The van der Waals surface area contributed by atoms with Crippen LogP contribution < -0.4 is 15.0 Å². The van der Waals surface area contributed by atoms with Crippen LogP contribution in [0.2, 0.25) is 0 Å². The summed E-state index contributed by atoms with van der Waals surface area (Å²) in [5.74, 6) is 0.379. The van der Waals surface area contributed by atoms with Gasteiger partial charge in [0.15, 0.2) is 5.75 Å². The van der Waals surface area contributed by atoms with Crippen LogP contribution in [-0.4, -0.2) is 46.9 Å². The fourth-order valence-electron chi connectivity index (χ4n) is 4.43. The minimum atomic E-state index is -4.54. The maximum absolute atomic E-state index is 13.5. The summed E-state index contributed by atoms with van der Waals surface area (Å²) >= 11 is 0. The Morgan fingerprint density at radius 3 is 2.40 bits per heavy atom. The molecule has 9 nitrogen and oxygen atoms in total. The lowest BCUT2D eigenvalue weighted by Crippen LogP contribution is -2.46. The largest absolute Gasteiger partial charge is 0.490 e. The zero-order valence-corrected chi connectivity index (χ0v) is 23.5. The molecule has 0 bridgehead atoms. The molecule has 1 aliphatic heterocycles. The van der Waals surface area contributed by atoms with Crippen molar-refractivity contribution < 1.29 is 37.0 Å². The molecular weight excluding hydrogens is 529 g/mol. The summed E-state index contributed by atoms with van der Waals surface area (Å²) in [6.45, 7) is 9.54. The SMILES string of the molecule is CCOC(=O)N1c2ccc(C(F)(F)F)cc2[C@@H](Nc2ncc(OCCCCC(=O)OC(C)(C)C)cn2)C[C@H]1CC. The molecule has 40 heavy (non-hydrogen) atoms. The number of ether oxygens (including phenoxy) is 3. The molecule has 1 aromatic carbocycles. The lowest BCUT2D eigenvalue weighted by atomic mass is 9.89. The molecule has 1 N–H and O–H groups in total. The molecule has 2 atom stereocenters. The highest BCUT2D eigenvalue weighted by atomic mass is 19.4. The van der Waals surface area contributed by atoms with E-state index in [1.54, 1.807) is 6.92 Å². The number of nitrogens with zero attached hydrogens (tertiary/aromatic N) is 3. The van der Waals surface area contributed by atoms with Crippen LogP contribution in [0.15, 0.2) is 30.6 Å². The monoisotopic (exact) mass is 566 g/mol. The molecule has 1 aliphatic rings. The molecule has 0 radical (unpaired) electrons. The first kappa shape index (κ1) is 31.0. The molecular formula is C28H37F3N4O5. The van der Waals surface area contributed by atoms with Crippen LogP contribution in [0.4, 0.5) is 29.6 Å². The molecule has 0 saturated heterocycles. The van der Waals surface area contributed by atoms with Crippen molar-refractivity contribution in [3.05, 3.63) is 41.7 Å². The van der Waals surface area contributed by atoms with Crippen molar-refractivity contribution in [3.63, 3.8) is 0 Å². The van der Waals surface area contributed by atoms with Gasteiger partial charge in [0.25, 0.3) is 0 Å². The zero-order chi connectivity index (χ0) is 29.5. The van der Waals surface area contributed by atoms with Crippen molar-refractivity contribution in [2.24, 2.45) is 0 Å². The number of unbranched alkanes of at least 4 members (excludes halogenated alkanes) is 1. The van der Waals surface area contributed by atoms with Gasteiger partial charge in [-0.15, -0.1) is 0 Å². The molecule has 1 amide bonds. The van der Waals surface area contributed by atoms with E-state index in [0.717, 1.165) is 12.1 Å². The standard InChI is InChI=1S/C28H37F3N4O5/c1-6-19-15-22(21-14-18(28(29,30)31)11-12-23(21)35(19)26(37)38-7-2)34-25-32-16-20(17-33-25)39-13-9-8-10-24(36)40-27(3,4)5/h11-12,14,16-17,19,22H,6-10,13,15H2,1-5H3,(H,32,33,34)/t19-,22+/m1/s1. The lowest BCUT2D eigenvalue weighted by Gasteiger charge is -2.40. The van der Waals surface area contributed by atoms with Gasteiger partial charge in [-0.2, -0.15) is 13.2 Å². The lowest BCUT2D eigenvalue weighted by molar-refractivity contribution is -0.155. The van der Waals surface area contributed by atoms with E-state index in [1.807, 2.05) is 27.7 Å². The average Bonchev–Trinajstić information content (AvgIpc) is 2.87. The van der Waals surface area contributed by atoms with Gasteiger partial charge in [0.05, 0.1) is 42.9 Å². The van der Waals surface area contributed by atoms with E-state index >= 15 is 0 Å².